The quantitative estimate of drug-likeness (QED) is 0.765. The summed E-state index contributed by atoms with van der Waals surface area (Å²) in [4.78, 5) is 40.5. The third kappa shape index (κ3) is 2.10. The highest BCUT2D eigenvalue weighted by Gasteiger charge is 2.41. The second kappa shape index (κ2) is 4.47. The van der Waals surface area contributed by atoms with Gasteiger partial charge in [-0.15, -0.1) is 0 Å². The van der Waals surface area contributed by atoms with Gasteiger partial charge in [0.2, 0.25) is 0 Å². The van der Waals surface area contributed by atoms with Crippen molar-refractivity contribution >= 4 is 17.8 Å². The number of nitrogens with zero attached hydrogens (tertiary/aromatic N) is 1. The van der Waals surface area contributed by atoms with E-state index in [0.29, 0.717) is 5.06 Å². The molecule has 6 nitrogen and oxygen atoms in total. The van der Waals surface area contributed by atoms with E-state index in [1.54, 1.807) is 12.1 Å². The molecule has 0 radical (unpaired) electrons. The number of benzene rings is 1. The Balaban J connectivity index is 2.24. The number of hydrogen-bond acceptors (Lipinski definition) is 5. The monoisotopic (exact) mass is 263 g/mol. The van der Waals surface area contributed by atoms with Crippen LogP contribution in [-0.4, -0.2) is 35.6 Å². The Morgan fingerprint density at radius 3 is 2.00 bits per heavy atom. The number of imide groups is 1. The zero-order valence-corrected chi connectivity index (χ0v) is 10.8. The molecule has 19 heavy (non-hydrogen) atoms. The summed E-state index contributed by atoms with van der Waals surface area (Å²) >= 11 is 0. The van der Waals surface area contributed by atoms with Gasteiger partial charge >= 0.3 is 5.97 Å². The Morgan fingerprint density at radius 2 is 1.58 bits per heavy atom. The van der Waals surface area contributed by atoms with Crippen molar-refractivity contribution in [2.75, 3.05) is 7.11 Å². The second-order valence-corrected chi connectivity index (χ2v) is 4.54. The number of ether oxygens (including phenoxy) is 1. The summed E-state index contributed by atoms with van der Waals surface area (Å²) in [6.45, 7) is 2.96. The summed E-state index contributed by atoms with van der Waals surface area (Å²) in [6.07, 6.45) is 0. The number of methoxy groups -OCH3 is 1. The molecule has 0 N–H and O–H groups in total. The van der Waals surface area contributed by atoms with Crippen LogP contribution in [0.15, 0.2) is 24.3 Å². The predicted octanol–water partition coefficient (Wildman–Crippen LogP) is 1.17. The molecule has 0 atom stereocenters. The normalized spacial score (nSPS) is 14.6. The number of fused-ring (bicyclic) bond motifs is 1. The van der Waals surface area contributed by atoms with Crippen molar-refractivity contribution in [3.05, 3.63) is 35.4 Å². The second-order valence-electron chi connectivity index (χ2n) is 4.54. The molecule has 6 heteroatoms. The van der Waals surface area contributed by atoms with Gasteiger partial charge in [0, 0.05) is 7.11 Å². The Kier molecular flexibility index (Phi) is 3.11. The minimum absolute atomic E-state index is 0.218. The topological polar surface area (TPSA) is 72.9 Å². The lowest BCUT2D eigenvalue weighted by molar-refractivity contribution is -0.189. The number of carbonyl (C=O) groups excluding carboxylic acids is 3. The number of carbonyl (C=O) groups is 3. The minimum Gasteiger partial charge on any atom is -0.367 e. The molecule has 2 rings (SSSR count). The Morgan fingerprint density at radius 1 is 1.11 bits per heavy atom. The summed E-state index contributed by atoms with van der Waals surface area (Å²) in [5, 5.41) is 0.466. The van der Waals surface area contributed by atoms with Gasteiger partial charge in [-0.1, -0.05) is 17.2 Å². The van der Waals surface area contributed by atoms with Crippen LogP contribution in [0.4, 0.5) is 0 Å². The summed E-state index contributed by atoms with van der Waals surface area (Å²) in [5.41, 5.74) is -0.805. The number of hydroxylamine groups is 2. The van der Waals surface area contributed by atoms with Crippen molar-refractivity contribution in [3.63, 3.8) is 0 Å². The molecular weight excluding hydrogens is 250 g/mol. The van der Waals surface area contributed by atoms with E-state index in [1.807, 2.05) is 0 Å². The molecule has 0 aliphatic carbocycles. The van der Waals surface area contributed by atoms with Gasteiger partial charge in [0.1, 0.15) is 0 Å². The van der Waals surface area contributed by atoms with Crippen LogP contribution in [0.25, 0.3) is 0 Å². The molecule has 0 bridgehead atoms. The smallest absolute Gasteiger partial charge is 0.364 e. The van der Waals surface area contributed by atoms with Gasteiger partial charge in [-0.25, -0.2) is 4.79 Å². The maximum absolute atomic E-state index is 11.9. The summed E-state index contributed by atoms with van der Waals surface area (Å²) in [7, 11) is 1.34. The largest absolute Gasteiger partial charge is 0.367 e. The molecule has 1 aliphatic rings. The van der Waals surface area contributed by atoms with Crippen LogP contribution in [0, 0.1) is 0 Å². The average Bonchev–Trinajstić information content (AvgIpc) is 2.64. The van der Waals surface area contributed by atoms with Crippen LogP contribution in [0.5, 0.6) is 0 Å². The summed E-state index contributed by atoms with van der Waals surface area (Å²) in [6, 6.07) is 6.28. The SMILES string of the molecule is COC(C)(C)C(=O)ON1C(=O)c2ccccc2C1=O. The van der Waals surface area contributed by atoms with E-state index in [1.165, 1.54) is 33.1 Å². The molecule has 0 unspecified atom stereocenters. The number of amides is 2. The van der Waals surface area contributed by atoms with Crippen LogP contribution >= 0.6 is 0 Å². The lowest BCUT2D eigenvalue weighted by Gasteiger charge is -2.22. The first-order valence-electron chi connectivity index (χ1n) is 5.64. The van der Waals surface area contributed by atoms with Crippen LogP contribution in [0.1, 0.15) is 34.6 Å². The molecule has 0 saturated heterocycles. The number of rotatable bonds is 3. The molecule has 100 valence electrons. The van der Waals surface area contributed by atoms with Gasteiger partial charge in [0.05, 0.1) is 11.1 Å². The van der Waals surface area contributed by atoms with Crippen molar-refractivity contribution in [3.8, 4) is 0 Å². The van der Waals surface area contributed by atoms with E-state index in [0.717, 1.165) is 0 Å². The molecule has 1 aromatic carbocycles. The zero-order valence-electron chi connectivity index (χ0n) is 10.8. The van der Waals surface area contributed by atoms with Crippen LogP contribution in [0.2, 0.25) is 0 Å². The first kappa shape index (κ1) is 13.2. The first-order valence-corrected chi connectivity index (χ1v) is 5.64. The van der Waals surface area contributed by atoms with E-state index in [-0.39, 0.29) is 11.1 Å². The van der Waals surface area contributed by atoms with Crippen LogP contribution in [0.3, 0.4) is 0 Å². The maximum atomic E-state index is 11.9. The fourth-order valence-corrected chi connectivity index (χ4v) is 1.53. The summed E-state index contributed by atoms with van der Waals surface area (Å²) in [5.74, 6) is -2.12. The van der Waals surface area contributed by atoms with E-state index in [9.17, 15) is 14.4 Å². The van der Waals surface area contributed by atoms with Crippen molar-refractivity contribution in [2.24, 2.45) is 0 Å². The maximum Gasteiger partial charge on any atom is 0.364 e. The molecule has 0 fully saturated rings. The highest BCUT2D eigenvalue weighted by Crippen LogP contribution is 2.24. The van der Waals surface area contributed by atoms with E-state index >= 15 is 0 Å². The molecule has 0 aromatic heterocycles. The standard InChI is InChI=1S/C13H13NO5/c1-13(2,18-3)12(17)19-14-10(15)8-6-4-5-7-9(8)11(14)16/h4-7H,1-3H3. The third-order valence-electron chi connectivity index (χ3n) is 2.93. The Labute approximate surface area is 109 Å². The zero-order chi connectivity index (χ0) is 14.2. The van der Waals surface area contributed by atoms with Gasteiger partial charge in [-0.3, -0.25) is 9.59 Å². The van der Waals surface area contributed by atoms with Gasteiger partial charge < -0.3 is 9.57 Å². The van der Waals surface area contributed by atoms with Gasteiger partial charge in [-0.05, 0) is 26.0 Å². The first-order chi connectivity index (χ1) is 8.88. The molecule has 1 heterocycles. The van der Waals surface area contributed by atoms with E-state index in [4.69, 9.17) is 9.57 Å². The minimum atomic E-state index is -1.24. The predicted molar refractivity (Wildman–Crippen MR) is 64.1 cm³/mol. The van der Waals surface area contributed by atoms with Crippen LogP contribution < -0.4 is 0 Å². The molecule has 0 spiro atoms. The average molecular weight is 263 g/mol. The van der Waals surface area contributed by atoms with E-state index < -0.39 is 23.4 Å². The number of hydrogen-bond donors (Lipinski definition) is 0. The van der Waals surface area contributed by atoms with Gasteiger partial charge in [-0.2, -0.15) is 0 Å². The lowest BCUT2D eigenvalue weighted by atomic mass is 10.1. The fraction of sp³-hybridized carbons (Fsp3) is 0.308. The molecule has 0 saturated carbocycles. The van der Waals surface area contributed by atoms with Crippen molar-refractivity contribution in [1.29, 1.82) is 0 Å². The van der Waals surface area contributed by atoms with E-state index in [2.05, 4.69) is 0 Å². The highest BCUT2D eigenvalue weighted by atomic mass is 16.7. The third-order valence-corrected chi connectivity index (χ3v) is 2.93. The summed E-state index contributed by atoms with van der Waals surface area (Å²) < 4.78 is 4.93. The molecule has 1 aromatic rings. The Hall–Kier alpha value is -2.21. The van der Waals surface area contributed by atoms with Crippen LogP contribution in [-0.2, 0) is 14.4 Å². The van der Waals surface area contributed by atoms with Gasteiger partial charge in [0.25, 0.3) is 11.8 Å². The van der Waals surface area contributed by atoms with Crippen molar-refractivity contribution in [1.82, 2.24) is 5.06 Å². The highest BCUT2D eigenvalue weighted by molar-refractivity contribution is 6.20. The lowest BCUT2D eigenvalue weighted by Crippen LogP contribution is -2.42. The fourth-order valence-electron chi connectivity index (χ4n) is 1.53. The molecular formula is C13H13NO5. The Bertz CT molecular complexity index is 529. The molecule has 2 amide bonds. The molecule has 1 aliphatic heterocycles. The van der Waals surface area contributed by atoms with Crippen molar-refractivity contribution in [2.45, 2.75) is 19.4 Å². The van der Waals surface area contributed by atoms with Gasteiger partial charge in [0.15, 0.2) is 5.60 Å². The van der Waals surface area contributed by atoms with Crippen molar-refractivity contribution < 1.29 is 24.0 Å².